The molecule has 7 heteroatoms. The highest BCUT2D eigenvalue weighted by Gasteiger charge is 2.14. The number of hydrogen-bond acceptors (Lipinski definition) is 7. The lowest BCUT2D eigenvalue weighted by atomic mass is 10.2. The highest BCUT2D eigenvalue weighted by molar-refractivity contribution is 5.87. The van der Waals surface area contributed by atoms with Gasteiger partial charge in [-0.15, -0.1) is 5.73 Å². The maximum Gasteiger partial charge on any atom is 0.230 e. The quantitative estimate of drug-likeness (QED) is 0.346. The van der Waals surface area contributed by atoms with Gasteiger partial charge in [0.05, 0.1) is 24.1 Å². The van der Waals surface area contributed by atoms with Gasteiger partial charge in [-0.3, -0.25) is 0 Å². The minimum Gasteiger partial charge on any atom is -0.487 e. The van der Waals surface area contributed by atoms with E-state index in [1.807, 2.05) is 30.3 Å². The van der Waals surface area contributed by atoms with E-state index in [4.69, 9.17) is 23.7 Å². The monoisotopic (exact) mass is 408 g/mol. The van der Waals surface area contributed by atoms with Gasteiger partial charge < -0.3 is 23.7 Å². The first-order valence-electron chi connectivity index (χ1n) is 9.41. The Morgan fingerprint density at radius 2 is 1.57 bits per heavy atom. The van der Waals surface area contributed by atoms with E-state index in [-0.39, 0.29) is 0 Å². The summed E-state index contributed by atoms with van der Waals surface area (Å²) in [5.41, 5.74) is 4.41. The first-order valence-corrected chi connectivity index (χ1v) is 9.41. The molecule has 0 N–H and O–H groups in total. The molecule has 0 aliphatic carbocycles. The lowest BCUT2D eigenvalue weighted by molar-refractivity contribution is 0.132. The molecular weight excluding hydrogens is 384 g/mol. The normalized spacial score (nSPS) is 10.5. The zero-order valence-corrected chi connectivity index (χ0v) is 17.1. The lowest BCUT2D eigenvalue weighted by Gasteiger charge is -2.15. The van der Waals surface area contributed by atoms with Crippen LogP contribution in [0.1, 0.15) is 5.56 Å². The van der Waals surface area contributed by atoms with Crippen LogP contribution >= 0.6 is 0 Å². The molecule has 1 heterocycles. The third kappa shape index (κ3) is 5.58. The maximum atomic E-state index is 6.00. The fourth-order valence-electron chi connectivity index (χ4n) is 2.68. The average molecular weight is 408 g/mol. The first kappa shape index (κ1) is 21.3. The van der Waals surface area contributed by atoms with E-state index in [2.05, 4.69) is 22.3 Å². The molecule has 3 aromatic rings. The maximum absolute atomic E-state index is 6.00. The number of ether oxygens (including phenoxy) is 5. The van der Waals surface area contributed by atoms with Crippen molar-refractivity contribution in [2.75, 3.05) is 40.6 Å². The van der Waals surface area contributed by atoms with Crippen molar-refractivity contribution in [1.82, 2.24) is 9.97 Å². The third-order valence-electron chi connectivity index (χ3n) is 4.12. The molecule has 156 valence electrons. The molecule has 0 bridgehead atoms. The Hall–Kier alpha value is -3.38. The third-order valence-corrected chi connectivity index (χ3v) is 4.12. The highest BCUT2D eigenvalue weighted by atomic mass is 16.5. The van der Waals surface area contributed by atoms with E-state index in [1.165, 1.54) is 6.33 Å². The van der Waals surface area contributed by atoms with Crippen LogP contribution in [0.5, 0.6) is 23.1 Å². The minimum absolute atomic E-state index is 0.380. The first-order chi connectivity index (χ1) is 14.7. The van der Waals surface area contributed by atoms with Crippen molar-refractivity contribution < 1.29 is 23.7 Å². The number of fused-ring (bicyclic) bond motifs is 1. The summed E-state index contributed by atoms with van der Waals surface area (Å²) < 4.78 is 27.8. The summed E-state index contributed by atoms with van der Waals surface area (Å²) in [7, 11) is 3.24. The van der Waals surface area contributed by atoms with Gasteiger partial charge in [0.1, 0.15) is 25.3 Å². The highest BCUT2D eigenvalue weighted by Crippen LogP contribution is 2.36. The van der Waals surface area contributed by atoms with E-state index in [0.717, 1.165) is 5.56 Å². The van der Waals surface area contributed by atoms with Crippen molar-refractivity contribution >= 4 is 17.0 Å². The van der Waals surface area contributed by atoms with E-state index in [0.29, 0.717) is 60.5 Å². The molecule has 2 aromatic carbocycles. The van der Waals surface area contributed by atoms with Gasteiger partial charge in [-0.1, -0.05) is 18.7 Å². The Morgan fingerprint density at radius 1 is 0.900 bits per heavy atom. The summed E-state index contributed by atoms with van der Waals surface area (Å²) in [6, 6.07) is 11.2. The molecular formula is C23H24N2O5. The van der Waals surface area contributed by atoms with Crippen molar-refractivity contribution in [1.29, 1.82) is 0 Å². The summed E-state index contributed by atoms with van der Waals surface area (Å²) >= 11 is 0. The van der Waals surface area contributed by atoms with Crippen molar-refractivity contribution in [3.63, 3.8) is 0 Å². The van der Waals surface area contributed by atoms with Gasteiger partial charge in [-0.25, -0.2) is 9.97 Å². The number of benzene rings is 2. The fourth-order valence-corrected chi connectivity index (χ4v) is 2.68. The van der Waals surface area contributed by atoms with Crippen LogP contribution < -0.4 is 14.2 Å². The second-order valence-corrected chi connectivity index (χ2v) is 6.20. The minimum atomic E-state index is 0.380. The van der Waals surface area contributed by atoms with Crippen molar-refractivity contribution in [3.05, 3.63) is 60.6 Å². The van der Waals surface area contributed by atoms with E-state index in [1.54, 1.807) is 26.4 Å². The average Bonchev–Trinajstić information content (AvgIpc) is 2.76. The van der Waals surface area contributed by atoms with Gasteiger partial charge in [-0.05, 0) is 29.8 Å². The summed E-state index contributed by atoms with van der Waals surface area (Å²) in [6.07, 6.45) is 3.25. The number of hydrogen-bond donors (Lipinski definition) is 0. The predicted octanol–water partition coefficient (Wildman–Crippen LogP) is 4.27. The molecule has 0 unspecified atom stereocenters. The van der Waals surface area contributed by atoms with Crippen LogP contribution in [0.15, 0.2) is 55.0 Å². The van der Waals surface area contributed by atoms with Gasteiger partial charge in [0, 0.05) is 20.3 Å². The molecule has 0 saturated heterocycles. The molecule has 3 rings (SSSR count). The van der Waals surface area contributed by atoms with Crippen LogP contribution in [-0.2, 0) is 9.47 Å². The Kier molecular flexibility index (Phi) is 7.80. The van der Waals surface area contributed by atoms with Crippen LogP contribution in [0.2, 0.25) is 0 Å². The van der Waals surface area contributed by atoms with Crippen molar-refractivity contribution in [2.24, 2.45) is 0 Å². The summed E-state index contributed by atoms with van der Waals surface area (Å²) in [5.74, 6) is 2.20. The van der Waals surface area contributed by atoms with Crippen LogP contribution in [-0.4, -0.2) is 50.6 Å². The molecule has 0 aliphatic rings. The Balaban J connectivity index is 1.92. The molecule has 1 aromatic heterocycles. The van der Waals surface area contributed by atoms with Crippen LogP contribution in [0.4, 0.5) is 0 Å². The Labute approximate surface area is 175 Å². The van der Waals surface area contributed by atoms with Crippen LogP contribution in [0.3, 0.4) is 0 Å². The van der Waals surface area contributed by atoms with Gasteiger partial charge in [-0.2, -0.15) is 0 Å². The van der Waals surface area contributed by atoms with E-state index >= 15 is 0 Å². The van der Waals surface area contributed by atoms with Gasteiger partial charge >= 0.3 is 0 Å². The number of nitrogens with zero attached hydrogens (tertiary/aromatic N) is 2. The number of rotatable bonds is 11. The molecule has 7 nitrogen and oxygen atoms in total. The molecule has 30 heavy (non-hydrogen) atoms. The standard InChI is InChI=1S/C23H24N2O5/c1-4-5-17-6-8-18(9-7-17)30-23-19-14-21(28-12-10-26-2)22(29-13-11-27-3)15-20(19)24-16-25-23/h5-9,14-16H,1,10-13H2,2-3H3. The summed E-state index contributed by atoms with van der Waals surface area (Å²) in [5, 5.41) is 0.707. The molecule has 0 saturated carbocycles. The number of aromatic nitrogens is 2. The van der Waals surface area contributed by atoms with E-state index < -0.39 is 0 Å². The van der Waals surface area contributed by atoms with Gasteiger partial charge in [0.15, 0.2) is 11.5 Å². The van der Waals surface area contributed by atoms with Crippen molar-refractivity contribution in [3.8, 4) is 23.1 Å². The molecule has 0 fully saturated rings. The van der Waals surface area contributed by atoms with E-state index in [9.17, 15) is 0 Å². The van der Waals surface area contributed by atoms with Gasteiger partial charge in [0.25, 0.3) is 0 Å². The van der Waals surface area contributed by atoms with Gasteiger partial charge in [0.2, 0.25) is 5.88 Å². The predicted molar refractivity (Wildman–Crippen MR) is 114 cm³/mol. The number of methoxy groups -OCH3 is 2. The molecule has 0 atom stereocenters. The fraction of sp³-hybridized carbons (Fsp3) is 0.261. The van der Waals surface area contributed by atoms with Crippen molar-refractivity contribution in [2.45, 2.75) is 0 Å². The van der Waals surface area contributed by atoms with Crippen LogP contribution in [0, 0.1) is 0 Å². The summed E-state index contributed by atoms with van der Waals surface area (Å²) in [4.78, 5) is 8.64. The smallest absolute Gasteiger partial charge is 0.230 e. The zero-order chi connectivity index (χ0) is 21.2. The summed E-state index contributed by atoms with van der Waals surface area (Å²) in [6.45, 7) is 5.27. The second kappa shape index (κ2) is 11.0. The second-order valence-electron chi connectivity index (χ2n) is 6.20. The SMILES string of the molecule is C=C=Cc1ccc(Oc2ncnc3cc(OCCOC)c(OCCOC)cc23)cc1. The molecule has 0 spiro atoms. The zero-order valence-electron chi connectivity index (χ0n) is 17.1. The topological polar surface area (TPSA) is 71.9 Å². The largest absolute Gasteiger partial charge is 0.487 e. The molecule has 0 aliphatic heterocycles. The molecule has 0 amide bonds. The van der Waals surface area contributed by atoms with Crippen LogP contribution in [0.25, 0.3) is 17.0 Å². The Bertz CT molecular complexity index is 1010. The lowest BCUT2D eigenvalue weighted by Crippen LogP contribution is -2.08. The molecule has 0 radical (unpaired) electrons. The Morgan fingerprint density at radius 3 is 2.20 bits per heavy atom.